The molecule has 1 N–H and O–H groups in total. The van der Waals surface area contributed by atoms with Crippen LogP contribution in [0, 0.1) is 68.0 Å². The molecule has 0 aromatic heterocycles. The van der Waals surface area contributed by atoms with Gasteiger partial charge in [0.1, 0.15) is 5.60 Å². The lowest BCUT2D eigenvalue weighted by molar-refractivity contribution is -0.152. The molecule has 4 nitrogen and oxygen atoms in total. The fraction of sp³-hybridized carbons (Fsp3) is 0.723. The Morgan fingerprint density at radius 1 is 0.658 bits per heavy atom. The first-order chi connectivity index (χ1) is 33.1. The molecule has 0 bridgehead atoms. The van der Waals surface area contributed by atoms with Crippen LogP contribution in [-0.2, 0) is 14.3 Å². The van der Waals surface area contributed by atoms with Gasteiger partial charge in [-0.3, -0.25) is 22.5 Å². The fourth-order valence-corrected chi connectivity index (χ4v) is 16.1. The molecule has 6 fully saturated rings. The minimum absolute atomic E-state index is 0. The second-order valence-corrected chi connectivity index (χ2v) is 26.2. The summed E-state index contributed by atoms with van der Waals surface area (Å²) in [6, 6.07) is 0. The van der Waals surface area contributed by atoms with Crippen LogP contribution in [0.4, 0.5) is 12.9 Å². The summed E-state index contributed by atoms with van der Waals surface area (Å²) in [6.07, 6.45) is 33.2. The van der Waals surface area contributed by atoms with Gasteiger partial charge in [0.15, 0.2) is 0 Å². The van der Waals surface area contributed by atoms with Crippen LogP contribution in [0.2, 0.25) is 0 Å². The lowest BCUT2D eigenvalue weighted by Gasteiger charge is -2.58. The maximum absolute atomic E-state index is 11.4. The molecule has 0 radical (unpaired) electrons. The highest BCUT2D eigenvalue weighted by atomic mass is 19.4. The Morgan fingerprint density at radius 2 is 1.00 bits per heavy atom. The molecule has 0 saturated heterocycles. The van der Waals surface area contributed by atoms with Gasteiger partial charge in [-0.2, -0.15) is 0 Å². The van der Waals surface area contributed by atoms with Crippen LogP contribution in [-0.4, -0.2) is 30.2 Å². The maximum atomic E-state index is 11.4. The SMILES string of the molecule is C.C=CC(=C)CC[C@H]1C(=C)CC[C@H]2C(C)(C)CCC[C@]12C.C=CC(C)(CC[C@H]1C(=C)CC[C@H]2C(C)(C)CCC[C@]12C)OC(C)=O.C=CC(C)=CC[C@H]1C(=C)CC[C@H]2C(C)(C)CCC[C@]12C.CC(=O)O.FB(F)F. The van der Waals surface area contributed by atoms with Crippen LogP contribution >= 0.6 is 0 Å². The Hall–Kier alpha value is -3.29. The van der Waals surface area contributed by atoms with Gasteiger partial charge in [0, 0.05) is 13.8 Å². The number of aliphatic carboxylic acids is 1. The fourth-order valence-electron chi connectivity index (χ4n) is 16.1. The van der Waals surface area contributed by atoms with E-state index >= 15 is 0 Å². The summed E-state index contributed by atoms with van der Waals surface area (Å²) in [6.45, 7) is 58.1. The molecule has 6 aliphatic rings. The zero-order valence-electron chi connectivity index (χ0n) is 48.2. The number of ether oxygens (including phenoxy) is 1. The Morgan fingerprint density at radius 3 is 1.33 bits per heavy atom. The van der Waals surface area contributed by atoms with E-state index in [2.05, 4.69) is 121 Å². The number of halogens is 3. The smallest absolute Gasteiger partial charge is 0.481 e. The molecular formula is C65H108BF3O4. The largest absolute Gasteiger partial charge is 0.762 e. The van der Waals surface area contributed by atoms with Crippen molar-refractivity contribution in [2.45, 2.75) is 231 Å². The third kappa shape index (κ3) is 18.2. The van der Waals surface area contributed by atoms with Crippen LogP contribution in [0.5, 0.6) is 0 Å². The highest BCUT2D eigenvalue weighted by Gasteiger charge is 2.55. The number of allylic oxidation sites excluding steroid dienone is 8. The summed E-state index contributed by atoms with van der Waals surface area (Å²) in [5, 5.41) is 7.42. The van der Waals surface area contributed by atoms with Crippen LogP contribution in [0.25, 0.3) is 0 Å². The van der Waals surface area contributed by atoms with Gasteiger partial charge in [-0.15, -0.1) is 0 Å². The van der Waals surface area contributed by atoms with Gasteiger partial charge in [0.05, 0.1) is 0 Å². The minimum Gasteiger partial charge on any atom is -0.481 e. The molecule has 10 atom stereocenters. The van der Waals surface area contributed by atoms with E-state index in [1.165, 1.54) is 131 Å². The Balaban J connectivity index is 0.000000507. The van der Waals surface area contributed by atoms with E-state index in [-0.39, 0.29) is 13.4 Å². The van der Waals surface area contributed by atoms with Crippen molar-refractivity contribution in [1.82, 2.24) is 0 Å². The van der Waals surface area contributed by atoms with Gasteiger partial charge in [0.2, 0.25) is 0 Å². The van der Waals surface area contributed by atoms with Crippen molar-refractivity contribution in [3.05, 3.63) is 98.2 Å². The molecule has 0 heterocycles. The number of rotatable bonds is 12. The summed E-state index contributed by atoms with van der Waals surface area (Å²) >= 11 is 0. The van der Waals surface area contributed by atoms with E-state index in [1.54, 1.807) is 6.08 Å². The van der Waals surface area contributed by atoms with E-state index in [1.807, 2.05) is 19.1 Å². The molecule has 0 amide bonds. The topological polar surface area (TPSA) is 63.6 Å². The zero-order valence-corrected chi connectivity index (χ0v) is 48.2. The molecule has 0 aliphatic heterocycles. The molecule has 73 heavy (non-hydrogen) atoms. The van der Waals surface area contributed by atoms with E-state index in [9.17, 15) is 17.7 Å². The number of carboxylic acid groups (broad SMARTS) is 1. The first-order valence-electron chi connectivity index (χ1n) is 27.7. The van der Waals surface area contributed by atoms with Crippen molar-refractivity contribution >= 4 is 19.5 Å². The van der Waals surface area contributed by atoms with Crippen molar-refractivity contribution in [2.75, 3.05) is 0 Å². The molecule has 6 rings (SSSR count). The highest BCUT2D eigenvalue weighted by Crippen LogP contribution is 2.64. The van der Waals surface area contributed by atoms with Crippen LogP contribution < -0.4 is 0 Å². The standard InChI is InChI=1S/C22H36O2.2C20H32.C2H4O2.CH4.BF3/c1-8-21(6,24-17(3)23)15-12-18-16(2)10-11-19-20(4,5)13-9-14-22(18,19)7;2*1-7-15(2)9-11-17-16(3)10-12-18-19(4,5)13-8-14-20(17,18)6;1-2(3)4;;2-1(3)4/h8,18-19H,1-2,9-15H2,3-7H3;7,9,17-18H,1,3,8,10-14H2,2,4-6H3;7,17-18H,1-3,8-14H2,4-6H3;1H3,(H,3,4);1H4;/t18-,19-,21?,22+;2*17-,18-,20+;;;/m000.../s1. The first-order valence-corrected chi connectivity index (χ1v) is 27.7. The summed E-state index contributed by atoms with van der Waals surface area (Å²) in [5.74, 6) is 3.27. The molecule has 0 aromatic carbocycles. The van der Waals surface area contributed by atoms with E-state index in [0.29, 0.717) is 50.2 Å². The normalized spacial score (nSPS) is 32.3. The van der Waals surface area contributed by atoms with Crippen molar-refractivity contribution in [2.24, 2.45) is 68.0 Å². The number of hydrogen-bond acceptors (Lipinski definition) is 3. The minimum atomic E-state index is -3.67. The number of esters is 1. The van der Waals surface area contributed by atoms with Crippen molar-refractivity contribution < 1.29 is 32.4 Å². The Bertz CT molecular complexity index is 1940. The number of fused-ring (bicyclic) bond motifs is 3. The van der Waals surface area contributed by atoms with Gasteiger partial charge in [-0.05, 0) is 197 Å². The molecule has 0 spiro atoms. The molecule has 0 aromatic rings. The third-order valence-electron chi connectivity index (χ3n) is 19.7. The Kier molecular flexibility index (Phi) is 26.2. The predicted octanol–water partition coefficient (Wildman–Crippen LogP) is 20.3. The second-order valence-electron chi connectivity index (χ2n) is 26.2. The molecule has 8 heteroatoms. The van der Waals surface area contributed by atoms with Gasteiger partial charge < -0.3 is 9.84 Å². The average molecular weight is 1020 g/mol. The van der Waals surface area contributed by atoms with Gasteiger partial charge >= 0.3 is 13.5 Å². The summed E-state index contributed by atoms with van der Waals surface area (Å²) in [7, 11) is -3.67. The van der Waals surface area contributed by atoms with Crippen molar-refractivity contribution in [3.63, 3.8) is 0 Å². The lowest BCUT2D eigenvalue weighted by atomic mass is 9.47. The number of carboxylic acids is 1. The Labute approximate surface area is 447 Å². The van der Waals surface area contributed by atoms with Gasteiger partial charge in [0.25, 0.3) is 5.97 Å². The van der Waals surface area contributed by atoms with Crippen LogP contribution in [0.1, 0.15) is 226 Å². The second kappa shape index (κ2) is 28.2. The summed E-state index contributed by atoms with van der Waals surface area (Å²) in [4.78, 5) is 20.4. The third-order valence-corrected chi connectivity index (χ3v) is 19.7. The number of hydrogen-bond donors (Lipinski definition) is 1. The summed E-state index contributed by atoms with van der Waals surface area (Å²) < 4.78 is 34.5. The number of carbonyl (C=O) groups is 2. The molecule has 6 saturated carbocycles. The highest BCUT2D eigenvalue weighted by molar-refractivity contribution is 6.33. The monoisotopic (exact) mass is 1020 g/mol. The van der Waals surface area contributed by atoms with Gasteiger partial charge in [-0.25, -0.2) is 0 Å². The first kappa shape index (κ1) is 67.7. The maximum Gasteiger partial charge on any atom is 0.762 e. The lowest BCUT2D eigenvalue weighted by Crippen LogP contribution is -2.49. The quantitative estimate of drug-likeness (QED) is 0.0916. The van der Waals surface area contributed by atoms with Crippen LogP contribution in [0.15, 0.2) is 98.2 Å². The summed E-state index contributed by atoms with van der Waals surface area (Å²) in [5.41, 5.74) is 8.97. The van der Waals surface area contributed by atoms with E-state index in [0.717, 1.165) is 56.8 Å². The molecule has 6 aliphatic carbocycles. The van der Waals surface area contributed by atoms with Gasteiger partial charge in [-0.1, -0.05) is 181 Å². The van der Waals surface area contributed by atoms with E-state index in [4.69, 9.17) is 14.6 Å². The van der Waals surface area contributed by atoms with E-state index < -0.39 is 19.1 Å². The molecule has 416 valence electrons. The van der Waals surface area contributed by atoms with Crippen LogP contribution in [0.3, 0.4) is 0 Å². The van der Waals surface area contributed by atoms with Crippen molar-refractivity contribution in [1.29, 1.82) is 0 Å². The predicted molar refractivity (Wildman–Crippen MR) is 309 cm³/mol. The average Bonchev–Trinajstić information content (AvgIpc) is 3.24. The number of carbonyl (C=O) groups excluding carboxylic acids is 1. The van der Waals surface area contributed by atoms with Crippen molar-refractivity contribution in [3.8, 4) is 0 Å². The zero-order chi connectivity index (χ0) is 55.3. The molecular weight excluding hydrogens is 913 g/mol. The molecule has 1 unspecified atom stereocenters.